The Balaban J connectivity index is 1.55. The summed E-state index contributed by atoms with van der Waals surface area (Å²) < 4.78 is 78.4. The molecule has 1 aliphatic carbocycles. The van der Waals surface area contributed by atoms with Crippen LogP contribution in [0.2, 0.25) is 0 Å². The summed E-state index contributed by atoms with van der Waals surface area (Å²) in [6, 6.07) is 5.55. The highest BCUT2D eigenvalue weighted by molar-refractivity contribution is 7.93. The number of nitrogens with zero attached hydrogens (tertiary/aromatic N) is 3. The third-order valence-electron chi connectivity index (χ3n) is 6.33. The molecule has 2 saturated heterocycles. The van der Waals surface area contributed by atoms with Gasteiger partial charge < -0.3 is 10.6 Å². The first-order valence-electron chi connectivity index (χ1n) is 9.93. The van der Waals surface area contributed by atoms with Crippen molar-refractivity contribution in [3.8, 4) is 11.3 Å². The number of hydrogen-bond acceptors (Lipinski definition) is 6. The smallest absolute Gasteiger partial charge is 0.290 e. The Hall–Kier alpha value is -2.27. The van der Waals surface area contributed by atoms with Crippen LogP contribution < -0.4 is 10.6 Å². The minimum absolute atomic E-state index is 0.0804. The second kappa shape index (κ2) is 6.61. The van der Waals surface area contributed by atoms with Crippen LogP contribution >= 0.6 is 0 Å². The van der Waals surface area contributed by atoms with Crippen molar-refractivity contribution in [3.05, 3.63) is 41.1 Å². The van der Waals surface area contributed by atoms with Crippen LogP contribution in [0, 0.1) is 0 Å². The van der Waals surface area contributed by atoms with Crippen molar-refractivity contribution in [2.24, 2.45) is 5.73 Å². The molecular formula is C20H20F4N4O2S. The summed E-state index contributed by atoms with van der Waals surface area (Å²) in [5, 5.41) is 0. The molecule has 3 heterocycles. The molecule has 11 heteroatoms. The number of hydrogen-bond donors (Lipinski definition) is 1. The SMILES string of the molecule is NC1(c2ccc(-c3nc(N4CCC4C(F)F)nc4c3CCC4(F)F)cc2)CS(=O)(=O)C1. The molecule has 0 saturated carbocycles. The predicted octanol–water partition coefficient (Wildman–Crippen LogP) is 2.61. The minimum Gasteiger partial charge on any atom is -0.332 e. The molecule has 1 unspecified atom stereocenters. The summed E-state index contributed by atoms with van der Waals surface area (Å²) in [7, 11) is -3.14. The van der Waals surface area contributed by atoms with E-state index in [-0.39, 0.29) is 42.5 Å². The first-order valence-corrected chi connectivity index (χ1v) is 11.8. The average molecular weight is 456 g/mol. The molecule has 1 aromatic heterocycles. The normalized spacial score (nSPS) is 25.1. The Kier molecular flexibility index (Phi) is 4.40. The van der Waals surface area contributed by atoms with Crippen molar-refractivity contribution < 1.29 is 26.0 Å². The van der Waals surface area contributed by atoms with Gasteiger partial charge in [0.1, 0.15) is 5.69 Å². The number of rotatable bonds is 4. The monoisotopic (exact) mass is 456 g/mol. The van der Waals surface area contributed by atoms with Crippen molar-refractivity contribution in [1.82, 2.24) is 9.97 Å². The van der Waals surface area contributed by atoms with Crippen molar-refractivity contribution in [2.75, 3.05) is 23.0 Å². The van der Waals surface area contributed by atoms with Gasteiger partial charge in [-0.3, -0.25) is 0 Å². The zero-order chi connectivity index (χ0) is 22.2. The highest BCUT2D eigenvalue weighted by Crippen LogP contribution is 2.45. The van der Waals surface area contributed by atoms with E-state index >= 15 is 0 Å². The Morgan fingerprint density at radius 2 is 1.81 bits per heavy atom. The summed E-state index contributed by atoms with van der Waals surface area (Å²) >= 11 is 0. The Labute approximate surface area is 176 Å². The molecule has 6 nitrogen and oxygen atoms in total. The molecule has 0 spiro atoms. The number of anilines is 1. The van der Waals surface area contributed by atoms with Crippen LogP contribution in [0.15, 0.2) is 24.3 Å². The average Bonchev–Trinajstić information content (AvgIpc) is 2.93. The Morgan fingerprint density at radius 1 is 1.13 bits per heavy atom. The first-order chi connectivity index (χ1) is 14.5. The molecule has 2 aliphatic heterocycles. The number of aromatic nitrogens is 2. The topological polar surface area (TPSA) is 89.2 Å². The van der Waals surface area contributed by atoms with E-state index in [9.17, 15) is 26.0 Å². The molecule has 166 valence electrons. The van der Waals surface area contributed by atoms with Crippen LogP contribution in [0.1, 0.15) is 29.7 Å². The maximum atomic E-state index is 14.5. The maximum Gasteiger partial charge on any atom is 0.290 e. The predicted molar refractivity (Wildman–Crippen MR) is 106 cm³/mol. The Morgan fingerprint density at radius 3 is 2.35 bits per heavy atom. The molecule has 5 rings (SSSR count). The molecule has 3 aliphatic rings. The molecule has 1 atom stereocenters. The van der Waals surface area contributed by atoms with Gasteiger partial charge in [-0.25, -0.2) is 27.2 Å². The van der Waals surface area contributed by atoms with Crippen LogP contribution in [0.3, 0.4) is 0 Å². The molecule has 1 aromatic carbocycles. The standard InChI is InChI=1S/C20H20F4N4O2S/c21-17(22)14-6-8-28(14)18-26-15(13-5-7-20(23,24)16(13)27-18)11-1-3-12(4-2-11)19(25)9-31(29,30)10-19/h1-4,14,17H,5-10,25H2. The molecule has 0 bridgehead atoms. The fourth-order valence-corrected chi connectivity index (χ4v) is 6.38. The maximum absolute atomic E-state index is 14.5. The van der Waals surface area contributed by atoms with Crippen LogP contribution in [-0.4, -0.2) is 48.9 Å². The van der Waals surface area contributed by atoms with Gasteiger partial charge in [0.25, 0.3) is 12.3 Å². The lowest BCUT2D eigenvalue weighted by Gasteiger charge is -2.40. The molecule has 0 amide bonds. The van der Waals surface area contributed by atoms with Crippen molar-refractivity contribution in [1.29, 1.82) is 0 Å². The van der Waals surface area contributed by atoms with Gasteiger partial charge in [0.05, 0.1) is 28.8 Å². The fourth-order valence-electron chi connectivity index (χ4n) is 4.57. The van der Waals surface area contributed by atoms with E-state index in [4.69, 9.17) is 5.73 Å². The highest BCUT2D eigenvalue weighted by Gasteiger charge is 2.47. The van der Waals surface area contributed by atoms with Gasteiger partial charge in [0.2, 0.25) is 5.95 Å². The molecule has 2 fully saturated rings. The van der Waals surface area contributed by atoms with E-state index in [2.05, 4.69) is 9.97 Å². The first kappa shape index (κ1) is 20.6. The highest BCUT2D eigenvalue weighted by atomic mass is 32.2. The van der Waals surface area contributed by atoms with Crippen LogP contribution in [0.25, 0.3) is 11.3 Å². The Bertz CT molecular complexity index is 1140. The van der Waals surface area contributed by atoms with Gasteiger partial charge in [0, 0.05) is 24.1 Å². The second-order valence-electron chi connectivity index (χ2n) is 8.55. The van der Waals surface area contributed by atoms with Crippen molar-refractivity contribution >= 4 is 15.8 Å². The van der Waals surface area contributed by atoms with Gasteiger partial charge in [-0.15, -0.1) is 0 Å². The number of benzene rings is 1. The number of nitrogens with two attached hydrogens (primary N) is 1. The van der Waals surface area contributed by atoms with E-state index in [1.165, 1.54) is 4.90 Å². The second-order valence-corrected chi connectivity index (χ2v) is 10.6. The lowest BCUT2D eigenvalue weighted by atomic mass is 9.92. The molecular weight excluding hydrogens is 436 g/mol. The quantitative estimate of drug-likeness (QED) is 0.712. The van der Waals surface area contributed by atoms with E-state index in [1.54, 1.807) is 24.3 Å². The number of alkyl halides is 4. The number of fused-ring (bicyclic) bond motifs is 1. The van der Waals surface area contributed by atoms with Gasteiger partial charge in [-0.1, -0.05) is 24.3 Å². The van der Waals surface area contributed by atoms with Crippen LogP contribution in [0.5, 0.6) is 0 Å². The lowest BCUT2D eigenvalue weighted by molar-refractivity contribution is -0.00600. The largest absolute Gasteiger partial charge is 0.332 e. The summed E-state index contributed by atoms with van der Waals surface area (Å²) in [6.07, 6.45) is -2.70. The van der Waals surface area contributed by atoms with E-state index in [1.807, 2.05) is 0 Å². The van der Waals surface area contributed by atoms with Gasteiger partial charge in [0.15, 0.2) is 9.84 Å². The van der Waals surface area contributed by atoms with E-state index < -0.39 is 45.9 Å². The van der Waals surface area contributed by atoms with Crippen LogP contribution in [-0.2, 0) is 27.7 Å². The third kappa shape index (κ3) is 3.29. The molecule has 31 heavy (non-hydrogen) atoms. The molecule has 0 radical (unpaired) electrons. The molecule has 2 aromatic rings. The van der Waals surface area contributed by atoms with Crippen LogP contribution in [0.4, 0.5) is 23.5 Å². The molecule has 2 N–H and O–H groups in total. The van der Waals surface area contributed by atoms with Gasteiger partial charge in [-0.05, 0) is 18.4 Å². The summed E-state index contributed by atoms with van der Waals surface area (Å²) in [5.41, 5.74) is 6.55. The number of halogens is 4. The third-order valence-corrected chi connectivity index (χ3v) is 8.24. The minimum atomic E-state index is -3.14. The zero-order valence-corrected chi connectivity index (χ0v) is 17.2. The summed E-state index contributed by atoms with van der Waals surface area (Å²) in [4.78, 5) is 9.66. The summed E-state index contributed by atoms with van der Waals surface area (Å²) in [5.74, 6) is -3.56. The number of sulfone groups is 1. The van der Waals surface area contributed by atoms with E-state index in [0.29, 0.717) is 16.7 Å². The van der Waals surface area contributed by atoms with Gasteiger partial charge in [-0.2, -0.15) is 8.78 Å². The summed E-state index contributed by atoms with van der Waals surface area (Å²) in [6.45, 7) is 0.280. The zero-order valence-electron chi connectivity index (χ0n) is 16.4. The van der Waals surface area contributed by atoms with E-state index in [0.717, 1.165) is 0 Å². The van der Waals surface area contributed by atoms with Gasteiger partial charge >= 0.3 is 0 Å². The fraction of sp³-hybridized carbons (Fsp3) is 0.500. The lowest BCUT2D eigenvalue weighted by Crippen LogP contribution is -2.58. The van der Waals surface area contributed by atoms with Crippen molar-refractivity contribution in [2.45, 2.75) is 43.2 Å². The van der Waals surface area contributed by atoms with Crippen molar-refractivity contribution in [3.63, 3.8) is 0 Å².